The summed E-state index contributed by atoms with van der Waals surface area (Å²) in [5.41, 5.74) is 1.56. The molecule has 0 spiro atoms. The lowest BCUT2D eigenvalue weighted by atomic mass is 10.1. The van der Waals surface area contributed by atoms with Gasteiger partial charge in [-0.15, -0.1) is 22.9 Å². The number of carbonyl (C=O) groups excluding carboxylic acids is 1. The van der Waals surface area contributed by atoms with Crippen molar-refractivity contribution in [2.75, 3.05) is 17.8 Å². The number of thiophene rings is 1. The molecule has 0 atom stereocenters. The second-order valence-corrected chi connectivity index (χ2v) is 4.68. The van der Waals surface area contributed by atoms with Gasteiger partial charge in [0.05, 0.1) is 18.8 Å². The van der Waals surface area contributed by atoms with Crippen LogP contribution in [0.3, 0.4) is 0 Å². The number of halogens is 1. The molecule has 0 unspecified atom stereocenters. The Bertz CT molecular complexity index is 464. The summed E-state index contributed by atoms with van der Waals surface area (Å²) >= 11 is 6.80. The number of rotatable bonds is 2. The van der Waals surface area contributed by atoms with Crippen LogP contribution < -0.4 is 5.32 Å². The fourth-order valence-corrected chi connectivity index (χ4v) is 2.82. The topological polar surface area (TPSA) is 62.1 Å². The van der Waals surface area contributed by atoms with Gasteiger partial charge in [-0.05, 0) is 12.0 Å². The third-order valence-corrected chi connectivity index (χ3v) is 3.67. The van der Waals surface area contributed by atoms with Gasteiger partial charge in [0, 0.05) is 4.88 Å². The fourth-order valence-electron chi connectivity index (χ4n) is 1.60. The van der Waals surface area contributed by atoms with Gasteiger partial charge in [0.2, 0.25) is 5.91 Å². The predicted octanol–water partition coefficient (Wildman–Crippen LogP) is 1.87. The zero-order valence-electron chi connectivity index (χ0n) is 8.38. The fraction of sp³-hybridized carbons (Fsp3) is 0.400. The molecule has 0 saturated carbocycles. The van der Waals surface area contributed by atoms with Gasteiger partial charge in [0.15, 0.2) is 0 Å². The van der Waals surface area contributed by atoms with E-state index in [-0.39, 0.29) is 11.8 Å². The Balaban J connectivity index is 2.35. The van der Waals surface area contributed by atoms with Gasteiger partial charge in [-0.1, -0.05) is 0 Å². The Morgan fingerprint density at radius 1 is 1.69 bits per heavy atom. The summed E-state index contributed by atoms with van der Waals surface area (Å²) in [6, 6.07) is 2.13. The number of ether oxygens (including phenoxy) is 1. The molecule has 4 nitrogen and oxygen atoms in total. The summed E-state index contributed by atoms with van der Waals surface area (Å²) < 4.78 is 5.30. The molecule has 2 heterocycles. The van der Waals surface area contributed by atoms with Gasteiger partial charge in [-0.2, -0.15) is 5.26 Å². The van der Waals surface area contributed by atoms with Crippen LogP contribution >= 0.6 is 22.9 Å². The van der Waals surface area contributed by atoms with Crippen molar-refractivity contribution in [1.29, 1.82) is 5.26 Å². The first-order valence-corrected chi connectivity index (χ1v) is 6.09. The Morgan fingerprint density at radius 2 is 2.50 bits per heavy atom. The molecule has 1 aromatic rings. The standard InChI is InChI=1S/C10H9ClN2O2S/c11-3-9(14)13-10-7(4-12)6-1-2-15-5-8(6)16-10/h1-3,5H2,(H,13,14). The molecule has 0 aliphatic carbocycles. The number of hydrogen-bond donors (Lipinski definition) is 1. The number of alkyl halides is 1. The van der Waals surface area contributed by atoms with Crippen LogP contribution in [0.5, 0.6) is 0 Å². The third-order valence-electron chi connectivity index (χ3n) is 2.31. The van der Waals surface area contributed by atoms with Gasteiger partial charge in [-0.25, -0.2) is 0 Å². The largest absolute Gasteiger partial charge is 0.376 e. The first-order chi connectivity index (χ1) is 7.76. The number of amides is 1. The summed E-state index contributed by atoms with van der Waals surface area (Å²) in [5.74, 6) is -0.401. The molecule has 2 rings (SSSR count). The first-order valence-electron chi connectivity index (χ1n) is 4.74. The van der Waals surface area contributed by atoms with E-state index in [1.807, 2.05) is 0 Å². The van der Waals surface area contributed by atoms with Crippen molar-refractivity contribution in [2.24, 2.45) is 0 Å². The van der Waals surface area contributed by atoms with E-state index in [2.05, 4.69) is 11.4 Å². The van der Waals surface area contributed by atoms with E-state index in [9.17, 15) is 4.79 Å². The maximum absolute atomic E-state index is 11.2. The number of anilines is 1. The summed E-state index contributed by atoms with van der Waals surface area (Å²) in [6.45, 7) is 1.15. The van der Waals surface area contributed by atoms with E-state index in [0.29, 0.717) is 23.8 Å². The zero-order chi connectivity index (χ0) is 11.5. The highest BCUT2D eigenvalue weighted by molar-refractivity contribution is 7.16. The SMILES string of the molecule is N#Cc1c(NC(=O)CCl)sc2c1CCOC2. The molecular formula is C10H9ClN2O2S. The summed E-state index contributed by atoms with van der Waals surface area (Å²) in [5, 5.41) is 12.3. The van der Waals surface area contributed by atoms with E-state index in [4.69, 9.17) is 21.6 Å². The molecule has 0 saturated heterocycles. The molecule has 1 aromatic heterocycles. The van der Waals surface area contributed by atoms with E-state index in [1.54, 1.807) is 0 Å². The molecule has 0 fully saturated rings. The molecule has 1 N–H and O–H groups in total. The van der Waals surface area contributed by atoms with Crippen molar-refractivity contribution in [3.05, 3.63) is 16.0 Å². The van der Waals surface area contributed by atoms with E-state index >= 15 is 0 Å². The van der Waals surface area contributed by atoms with Crippen LogP contribution in [0.25, 0.3) is 0 Å². The molecule has 1 aliphatic rings. The lowest BCUT2D eigenvalue weighted by Crippen LogP contribution is -2.12. The van der Waals surface area contributed by atoms with Gasteiger partial charge in [0.1, 0.15) is 17.0 Å². The summed E-state index contributed by atoms with van der Waals surface area (Å²) in [4.78, 5) is 12.2. The molecule has 1 amide bonds. The molecule has 84 valence electrons. The van der Waals surface area contributed by atoms with Gasteiger partial charge >= 0.3 is 0 Å². The molecular weight excluding hydrogens is 248 g/mol. The van der Waals surface area contributed by atoms with Crippen molar-refractivity contribution in [3.8, 4) is 6.07 Å². The number of nitrogens with one attached hydrogen (secondary N) is 1. The van der Waals surface area contributed by atoms with Crippen molar-refractivity contribution < 1.29 is 9.53 Å². The Morgan fingerprint density at radius 3 is 3.19 bits per heavy atom. The Labute approximate surface area is 102 Å². The van der Waals surface area contributed by atoms with Crippen LogP contribution in [0, 0.1) is 11.3 Å². The van der Waals surface area contributed by atoms with Gasteiger partial charge in [-0.3, -0.25) is 4.79 Å². The van der Waals surface area contributed by atoms with Crippen molar-refractivity contribution in [2.45, 2.75) is 13.0 Å². The summed E-state index contributed by atoms with van der Waals surface area (Å²) in [7, 11) is 0. The summed E-state index contributed by atoms with van der Waals surface area (Å²) in [6.07, 6.45) is 0.728. The first kappa shape index (κ1) is 11.4. The Kier molecular flexibility index (Phi) is 3.44. The average Bonchev–Trinajstić information content (AvgIpc) is 2.65. The van der Waals surface area contributed by atoms with Crippen LogP contribution in [0.2, 0.25) is 0 Å². The minimum absolute atomic E-state index is 0.107. The molecule has 1 aliphatic heterocycles. The van der Waals surface area contributed by atoms with Crippen LogP contribution in [-0.2, 0) is 22.6 Å². The van der Waals surface area contributed by atoms with E-state index < -0.39 is 0 Å². The maximum Gasteiger partial charge on any atom is 0.239 e. The monoisotopic (exact) mass is 256 g/mol. The van der Waals surface area contributed by atoms with Crippen molar-refractivity contribution in [3.63, 3.8) is 0 Å². The second kappa shape index (κ2) is 4.83. The number of fused-ring (bicyclic) bond motifs is 1. The molecule has 16 heavy (non-hydrogen) atoms. The second-order valence-electron chi connectivity index (χ2n) is 3.30. The van der Waals surface area contributed by atoms with Crippen molar-refractivity contribution in [1.82, 2.24) is 0 Å². The smallest absolute Gasteiger partial charge is 0.239 e. The molecule has 6 heteroatoms. The minimum atomic E-state index is -0.294. The van der Waals surface area contributed by atoms with Crippen molar-refractivity contribution >= 4 is 33.8 Å². The average molecular weight is 257 g/mol. The minimum Gasteiger partial charge on any atom is -0.376 e. The number of nitrogens with zero attached hydrogens (tertiary/aromatic N) is 1. The van der Waals surface area contributed by atoms with Crippen LogP contribution in [0.4, 0.5) is 5.00 Å². The lowest BCUT2D eigenvalue weighted by Gasteiger charge is -2.11. The zero-order valence-corrected chi connectivity index (χ0v) is 9.95. The molecule has 0 bridgehead atoms. The normalized spacial score (nSPS) is 14.0. The highest BCUT2D eigenvalue weighted by Crippen LogP contribution is 2.35. The predicted molar refractivity (Wildman–Crippen MR) is 61.7 cm³/mol. The van der Waals surface area contributed by atoms with Crippen LogP contribution in [-0.4, -0.2) is 18.4 Å². The van der Waals surface area contributed by atoms with E-state index in [1.165, 1.54) is 11.3 Å². The van der Waals surface area contributed by atoms with Crippen LogP contribution in [0.1, 0.15) is 16.0 Å². The molecule has 0 aromatic carbocycles. The van der Waals surface area contributed by atoms with Gasteiger partial charge < -0.3 is 10.1 Å². The quantitative estimate of drug-likeness (QED) is 0.822. The highest BCUT2D eigenvalue weighted by Gasteiger charge is 2.21. The number of nitriles is 1. The number of carbonyl (C=O) groups is 1. The third kappa shape index (κ3) is 2.05. The maximum atomic E-state index is 11.2. The molecule has 0 radical (unpaired) electrons. The highest BCUT2D eigenvalue weighted by atomic mass is 35.5. The van der Waals surface area contributed by atoms with E-state index in [0.717, 1.165) is 16.9 Å². The van der Waals surface area contributed by atoms with Crippen LogP contribution in [0.15, 0.2) is 0 Å². The van der Waals surface area contributed by atoms with Gasteiger partial charge in [0.25, 0.3) is 0 Å². The number of hydrogen-bond acceptors (Lipinski definition) is 4. The lowest BCUT2D eigenvalue weighted by molar-refractivity contribution is -0.113. The Hall–Kier alpha value is -1.09.